The van der Waals surface area contributed by atoms with Gasteiger partial charge in [-0.1, -0.05) is 46.0 Å². The van der Waals surface area contributed by atoms with E-state index in [2.05, 4.69) is 20.8 Å². The molecule has 8 nitrogen and oxygen atoms in total. The van der Waals surface area contributed by atoms with E-state index in [1.807, 2.05) is 17.5 Å². The number of hydrogen-bond donors (Lipinski definition) is 2. The molecule has 0 radical (unpaired) electrons. The summed E-state index contributed by atoms with van der Waals surface area (Å²) in [5, 5.41) is 11.6. The molecule has 0 aliphatic carbocycles. The maximum Gasteiger partial charge on any atom is 0.316 e. The van der Waals surface area contributed by atoms with Crippen molar-refractivity contribution in [3.05, 3.63) is 50.6 Å². The number of ether oxygens (including phenoxy) is 1. The molecule has 2 heterocycles. The number of nitrogens with one attached hydrogen (secondary N) is 2. The van der Waals surface area contributed by atoms with Crippen molar-refractivity contribution in [2.24, 2.45) is 0 Å². The van der Waals surface area contributed by atoms with Gasteiger partial charge in [-0.05, 0) is 17.5 Å². The number of carbonyl (C=O) groups excluding carboxylic acids is 2. The minimum absolute atomic E-state index is 0.155. The summed E-state index contributed by atoms with van der Waals surface area (Å²) >= 11 is 19.1. The second kappa shape index (κ2) is 9.93. The van der Waals surface area contributed by atoms with Crippen molar-refractivity contribution in [2.45, 2.75) is 0 Å². The van der Waals surface area contributed by atoms with Gasteiger partial charge in [0.15, 0.2) is 6.61 Å². The van der Waals surface area contributed by atoms with Crippen LogP contribution in [0.2, 0.25) is 15.1 Å². The molecule has 0 spiro atoms. The first-order valence-corrected chi connectivity index (χ1v) is 10.1. The molecule has 0 fully saturated rings. The molecule has 0 bridgehead atoms. The first-order valence-electron chi connectivity index (χ1n) is 8.14. The molecule has 1 aromatic carbocycles. The van der Waals surface area contributed by atoms with Gasteiger partial charge < -0.3 is 19.9 Å². The Morgan fingerprint density at radius 3 is 2.62 bits per heavy atom. The molecule has 2 aromatic heterocycles. The molecule has 3 aromatic rings. The number of rotatable bonds is 8. The molecular formula is C17H13Cl3N4O4S. The average molecular weight is 476 g/mol. The Labute approximate surface area is 184 Å². The number of thiophene rings is 1. The molecule has 0 saturated heterocycles. The van der Waals surface area contributed by atoms with E-state index in [4.69, 9.17) is 44.1 Å². The van der Waals surface area contributed by atoms with Gasteiger partial charge in [-0.25, -0.2) is 0 Å². The Morgan fingerprint density at radius 1 is 1.10 bits per heavy atom. The number of hydrogen-bond acceptors (Lipinski definition) is 7. The van der Waals surface area contributed by atoms with E-state index in [1.165, 1.54) is 23.5 Å². The van der Waals surface area contributed by atoms with E-state index in [1.54, 1.807) is 0 Å². The Kier molecular flexibility index (Phi) is 7.32. The first-order chi connectivity index (χ1) is 13.9. The normalized spacial score (nSPS) is 10.6. The van der Waals surface area contributed by atoms with E-state index < -0.39 is 11.8 Å². The molecule has 0 unspecified atom stereocenters. The van der Waals surface area contributed by atoms with Gasteiger partial charge in [-0.15, -0.1) is 11.3 Å². The van der Waals surface area contributed by atoms with E-state index in [-0.39, 0.29) is 46.4 Å². The zero-order valence-electron chi connectivity index (χ0n) is 14.6. The number of nitrogens with zero attached hydrogens (tertiary/aromatic N) is 2. The topological polar surface area (TPSA) is 106 Å². The molecular weight excluding hydrogens is 463 g/mol. The fourth-order valence-electron chi connectivity index (χ4n) is 2.08. The van der Waals surface area contributed by atoms with Crippen molar-refractivity contribution < 1.29 is 18.8 Å². The van der Waals surface area contributed by atoms with Crippen LogP contribution in [-0.2, 0) is 4.79 Å². The molecule has 2 N–H and O–H groups in total. The third-order valence-electron chi connectivity index (χ3n) is 3.43. The van der Waals surface area contributed by atoms with Gasteiger partial charge in [0, 0.05) is 19.2 Å². The fourth-order valence-corrected chi connectivity index (χ4v) is 3.32. The van der Waals surface area contributed by atoms with Crippen molar-refractivity contribution in [1.29, 1.82) is 0 Å². The molecule has 0 aliphatic heterocycles. The van der Waals surface area contributed by atoms with Crippen LogP contribution in [0.25, 0.3) is 10.7 Å². The predicted molar refractivity (Wildman–Crippen MR) is 110 cm³/mol. The lowest BCUT2D eigenvalue weighted by atomic mass is 10.3. The van der Waals surface area contributed by atoms with Gasteiger partial charge in [0.1, 0.15) is 5.75 Å². The van der Waals surface area contributed by atoms with E-state index in [0.717, 1.165) is 4.88 Å². The second-order valence-corrected chi connectivity index (χ2v) is 7.66. The zero-order chi connectivity index (χ0) is 20.8. The largest absolute Gasteiger partial charge is 0.482 e. The highest BCUT2D eigenvalue weighted by Gasteiger charge is 2.16. The Morgan fingerprint density at radius 2 is 1.86 bits per heavy atom. The third-order valence-corrected chi connectivity index (χ3v) is 5.31. The third kappa shape index (κ3) is 5.83. The van der Waals surface area contributed by atoms with Crippen molar-refractivity contribution in [3.8, 4) is 16.5 Å². The van der Waals surface area contributed by atoms with Gasteiger partial charge in [0.25, 0.3) is 5.91 Å². The van der Waals surface area contributed by atoms with Crippen molar-refractivity contribution in [1.82, 2.24) is 20.8 Å². The van der Waals surface area contributed by atoms with Crippen LogP contribution >= 0.6 is 46.1 Å². The molecule has 2 amide bonds. The van der Waals surface area contributed by atoms with Gasteiger partial charge in [-0.3, -0.25) is 9.59 Å². The Bertz CT molecular complexity index is 1010. The number of benzene rings is 1. The summed E-state index contributed by atoms with van der Waals surface area (Å²) < 4.78 is 10.3. The summed E-state index contributed by atoms with van der Waals surface area (Å²) in [5.74, 6) is -0.510. The van der Waals surface area contributed by atoms with Crippen LogP contribution in [0.4, 0.5) is 0 Å². The average Bonchev–Trinajstić information content (AvgIpc) is 3.38. The highest BCUT2D eigenvalue weighted by Crippen LogP contribution is 2.33. The standard InChI is InChI=1S/C17H13Cl3N4O4S/c18-9-6-11(20)12(7-10(9)19)27-8-14(25)21-3-4-22-16(26)17-23-15(24-28-17)13-2-1-5-29-13/h1-2,5-7H,3-4,8H2,(H,21,25)(H,22,26). The minimum atomic E-state index is -0.534. The van der Waals surface area contributed by atoms with Crippen LogP contribution in [0.15, 0.2) is 34.2 Å². The van der Waals surface area contributed by atoms with Gasteiger partial charge in [0.2, 0.25) is 5.82 Å². The van der Waals surface area contributed by atoms with Crippen molar-refractivity contribution in [2.75, 3.05) is 19.7 Å². The van der Waals surface area contributed by atoms with Crippen LogP contribution in [0, 0.1) is 0 Å². The maximum absolute atomic E-state index is 12.0. The lowest BCUT2D eigenvalue weighted by Gasteiger charge is -2.10. The van der Waals surface area contributed by atoms with Crippen LogP contribution < -0.4 is 15.4 Å². The summed E-state index contributed by atoms with van der Waals surface area (Å²) in [7, 11) is 0. The first kappa shape index (κ1) is 21.4. The van der Waals surface area contributed by atoms with Crippen molar-refractivity contribution in [3.63, 3.8) is 0 Å². The molecule has 0 saturated carbocycles. The number of amides is 2. The van der Waals surface area contributed by atoms with Crippen LogP contribution in [0.5, 0.6) is 5.75 Å². The highest BCUT2D eigenvalue weighted by molar-refractivity contribution is 7.13. The summed E-state index contributed by atoms with van der Waals surface area (Å²) in [4.78, 5) is 28.7. The monoisotopic (exact) mass is 474 g/mol. The van der Waals surface area contributed by atoms with E-state index in [9.17, 15) is 9.59 Å². The number of aromatic nitrogens is 2. The second-order valence-electron chi connectivity index (χ2n) is 5.49. The maximum atomic E-state index is 12.0. The summed E-state index contributed by atoms with van der Waals surface area (Å²) in [6, 6.07) is 6.52. The molecule has 3 rings (SSSR count). The summed E-state index contributed by atoms with van der Waals surface area (Å²) in [5.41, 5.74) is 0. The van der Waals surface area contributed by atoms with E-state index >= 15 is 0 Å². The molecule has 0 atom stereocenters. The molecule has 12 heteroatoms. The lowest BCUT2D eigenvalue weighted by Crippen LogP contribution is -2.36. The molecule has 29 heavy (non-hydrogen) atoms. The lowest BCUT2D eigenvalue weighted by molar-refractivity contribution is -0.123. The fraction of sp³-hybridized carbons (Fsp3) is 0.176. The SMILES string of the molecule is O=C(COc1cc(Cl)c(Cl)cc1Cl)NCCNC(=O)c1nc(-c2cccs2)no1. The van der Waals surface area contributed by atoms with Crippen LogP contribution in [0.1, 0.15) is 10.7 Å². The Balaban J connectivity index is 1.38. The van der Waals surface area contributed by atoms with Crippen LogP contribution in [-0.4, -0.2) is 41.7 Å². The van der Waals surface area contributed by atoms with Gasteiger partial charge in [0.05, 0.1) is 19.9 Å². The summed E-state index contributed by atoms with van der Waals surface area (Å²) in [6.07, 6.45) is 0. The molecule has 0 aliphatic rings. The minimum Gasteiger partial charge on any atom is -0.482 e. The molecule has 152 valence electrons. The quantitative estimate of drug-likeness (QED) is 0.380. The van der Waals surface area contributed by atoms with Gasteiger partial charge >= 0.3 is 11.8 Å². The Hall–Kier alpha value is -2.33. The smallest absolute Gasteiger partial charge is 0.316 e. The number of carbonyl (C=O) groups is 2. The van der Waals surface area contributed by atoms with Crippen LogP contribution in [0.3, 0.4) is 0 Å². The zero-order valence-corrected chi connectivity index (χ0v) is 17.7. The van der Waals surface area contributed by atoms with Gasteiger partial charge in [-0.2, -0.15) is 4.98 Å². The summed E-state index contributed by atoms with van der Waals surface area (Å²) in [6.45, 7) is 0.0588. The highest BCUT2D eigenvalue weighted by atomic mass is 35.5. The number of halogens is 3. The van der Waals surface area contributed by atoms with E-state index in [0.29, 0.717) is 5.82 Å². The predicted octanol–water partition coefficient (Wildman–Crippen LogP) is 3.68. The van der Waals surface area contributed by atoms with Crippen molar-refractivity contribution >= 4 is 58.0 Å².